The van der Waals surface area contributed by atoms with Crippen molar-refractivity contribution in [3.05, 3.63) is 0 Å². The molecule has 0 atom stereocenters. The third kappa shape index (κ3) is 19.5. The maximum absolute atomic E-state index is 12.1. The zero-order valence-corrected chi connectivity index (χ0v) is 21.5. The van der Waals surface area contributed by atoms with Crippen molar-refractivity contribution < 1.29 is 29.1 Å². The van der Waals surface area contributed by atoms with Crippen molar-refractivity contribution in [1.82, 2.24) is 10.9 Å². The Labute approximate surface area is 192 Å². The molecule has 0 aliphatic rings. The molecular formula is C22H44N2O6S. The lowest BCUT2D eigenvalue weighted by Gasteiger charge is -2.32. The van der Waals surface area contributed by atoms with Gasteiger partial charge in [-0.25, -0.2) is 9.78 Å². The Morgan fingerprint density at radius 3 is 1.71 bits per heavy atom. The smallest absolute Gasteiger partial charge is 0.239 e. The standard InChI is InChI=1S/C22H44N2O6S/c1-9-10-11-12-16-31-17-14-19(26)24-23-18(25)13-15-22(8,29-27-20(2,3)4)30-28-21(5,6)7/h9-17H2,1-8H3,(H,23,25)(H,24,26). The molecule has 0 rings (SSSR count). The summed E-state index contributed by atoms with van der Waals surface area (Å²) in [6, 6.07) is 0. The largest absolute Gasteiger partial charge is 0.273 e. The summed E-state index contributed by atoms with van der Waals surface area (Å²) in [6.45, 7) is 14.8. The highest BCUT2D eigenvalue weighted by Gasteiger charge is 2.34. The predicted octanol–water partition coefficient (Wildman–Crippen LogP) is 4.83. The molecule has 2 N–H and O–H groups in total. The van der Waals surface area contributed by atoms with Gasteiger partial charge in [-0.15, -0.1) is 0 Å². The first-order chi connectivity index (χ1) is 14.3. The second kappa shape index (κ2) is 15.1. The monoisotopic (exact) mass is 464 g/mol. The van der Waals surface area contributed by atoms with Gasteiger partial charge in [-0.05, 0) is 60.6 Å². The van der Waals surface area contributed by atoms with Gasteiger partial charge in [0.1, 0.15) is 0 Å². The molecule has 0 heterocycles. The molecule has 0 aromatic heterocycles. The highest BCUT2D eigenvalue weighted by molar-refractivity contribution is 7.99. The second-order valence-corrected chi connectivity index (χ2v) is 10.9. The van der Waals surface area contributed by atoms with Crippen LogP contribution in [-0.4, -0.2) is 40.3 Å². The predicted molar refractivity (Wildman–Crippen MR) is 124 cm³/mol. The van der Waals surface area contributed by atoms with E-state index in [1.54, 1.807) is 18.7 Å². The Hall–Kier alpha value is -0.870. The lowest BCUT2D eigenvalue weighted by atomic mass is 10.1. The average Bonchev–Trinajstić information content (AvgIpc) is 2.66. The number of unbranched alkanes of at least 4 members (excludes halogenated alkanes) is 3. The summed E-state index contributed by atoms with van der Waals surface area (Å²) in [5.74, 6) is -0.0636. The summed E-state index contributed by atoms with van der Waals surface area (Å²) in [6.07, 6.45) is 5.46. The van der Waals surface area contributed by atoms with Gasteiger partial charge in [-0.1, -0.05) is 26.2 Å². The van der Waals surface area contributed by atoms with Gasteiger partial charge in [-0.2, -0.15) is 21.5 Å². The number of hydrogen-bond donors (Lipinski definition) is 2. The van der Waals surface area contributed by atoms with Crippen molar-refractivity contribution >= 4 is 23.6 Å². The highest BCUT2D eigenvalue weighted by Crippen LogP contribution is 2.25. The first kappa shape index (κ1) is 30.1. The molecule has 31 heavy (non-hydrogen) atoms. The van der Waals surface area contributed by atoms with Gasteiger partial charge in [0, 0.05) is 25.0 Å². The number of hydrogen-bond acceptors (Lipinski definition) is 7. The molecular weight excluding hydrogens is 420 g/mol. The summed E-state index contributed by atoms with van der Waals surface area (Å²) in [7, 11) is 0. The topological polar surface area (TPSA) is 95.1 Å². The maximum Gasteiger partial charge on any atom is 0.239 e. The Morgan fingerprint density at radius 2 is 1.23 bits per heavy atom. The van der Waals surface area contributed by atoms with Gasteiger partial charge in [0.05, 0.1) is 11.2 Å². The van der Waals surface area contributed by atoms with Crippen LogP contribution < -0.4 is 10.9 Å². The van der Waals surface area contributed by atoms with E-state index >= 15 is 0 Å². The first-order valence-corrected chi connectivity index (χ1v) is 12.3. The molecule has 0 aromatic carbocycles. The van der Waals surface area contributed by atoms with E-state index in [0.717, 1.165) is 11.5 Å². The van der Waals surface area contributed by atoms with Gasteiger partial charge in [-0.3, -0.25) is 20.4 Å². The van der Waals surface area contributed by atoms with E-state index in [-0.39, 0.29) is 24.7 Å². The summed E-state index contributed by atoms with van der Waals surface area (Å²) in [5, 5.41) is 0. The first-order valence-electron chi connectivity index (χ1n) is 11.2. The number of rotatable bonds is 15. The van der Waals surface area contributed by atoms with Crippen LogP contribution in [0.3, 0.4) is 0 Å². The van der Waals surface area contributed by atoms with Crippen LogP contribution in [-0.2, 0) is 29.1 Å². The van der Waals surface area contributed by atoms with Gasteiger partial charge in [0.25, 0.3) is 0 Å². The third-order valence-corrected chi connectivity index (χ3v) is 4.77. The summed E-state index contributed by atoms with van der Waals surface area (Å²) in [5.41, 5.74) is 3.76. The number of amides is 2. The summed E-state index contributed by atoms with van der Waals surface area (Å²) >= 11 is 1.76. The van der Waals surface area contributed by atoms with Crippen LogP contribution in [0.15, 0.2) is 0 Å². The van der Waals surface area contributed by atoms with Crippen molar-refractivity contribution in [3.8, 4) is 0 Å². The Kier molecular flexibility index (Phi) is 14.6. The molecule has 0 unspecified atom stereocenters. The van der Waals surface area contributed by atoms with Crippen LogP contribution in [0.2, 0.25) is 0 Å². The van der Waals surface area contributed by atoms with E-state index in [4.69, 9.17) is 19.6 Å². The van der Waals surface area contributed by atoms with Crippen molar-refractivity contribution in [2.45, 2.75) is 117 Å². The number of carbonyl (C=O) groups excluding carboxylic acids is 2. The minimum Gasteiger partial charge on any atom is -0.273 e. The molecule has 0 fully saturated rings. The van der Waals surface area contributed by atoms with Gasteiger partial charge in [0.2, 0.25) is 17.6 Å². The Morgan fingerprint density at radius 1 is 0.710 bits per heavy atom. The fraction of sp³-hybridized carbons (Fsp3) is 0.909. The SMILES string of the molecule is CCCCCCSCCC(=O)NNC(=O)CCC(C)(OOC(C)(C)C)OOC(C)(C)C. The van der Waals surface area contributed by atoms with E-state index in [0.29, 0.717) is 6.42 Å². The van der Waals surface area contributed by atoms with Gasteiger partial charge >= 0.3 is 0 Å². The maximum atomic E-state index is 12.1. The summed E-state index contributed by atoms with van der Waals surface area (Å²) < 4.78 is 0. The number of carbonyl (C=O) groups is 2. The molecule has 184 valence electrons. The van der Waals surface area contributed by atoms with Crippen molar-refractivity contribution in [2.24, 2.45) is 0 Å². The average molecular weight is 465 g/mol. The van der Waals surface area contributed by atoms with Crippen molar-refractivity contribution in [1.29, 1.82) is 0 Å². The van der Waals surface area contributed by atoms with Gasteiger partial charge in [0.15, 0.2) is 0 Å². The highest BCUT2D eigenvalue weighted by atomic mass is 32.2. The molecule has 0 aromatic rings. The molecule has 0 bridgehead atoms. The lowest BCUT2D eigenvalue weighted by Crippen LogP contribution is -2.43. The Bertz CT molecular complexity index is 499. The van der Waals surface area contributed by atoms with E-state index in [1.807, 2.05) is 41.5 Å². The molecule has 0 radical (unpaired) electrons. The van der Waals surface area contributed by atoms with Crippen molar-refractivity contribution in [3.63, 3.8) is 0 Å². The van der Waals surface area contributed by atoms with E-state index in [1.165, 1.54) is 25.7 Å². The van der Waals surface area contributed by atoms with Crippen LogP contribution in [0, 0.1) is 0 Å². The van der Waals surface area contributed by atoms with Gasteiger partial charge < -0.3 is 0 Å². The molecule has 0 saturated carbocycles. The van der Waals surface area contributed by atoms with Crippen LogP contribution in [0.4, 0.5) is 0 Å². The number of thioether (sulfide) groups is 1. The zero-order chi connectivity index (χ0) is 24.0. The molecule has 0 aliphatic heterocycles. The van der Waals surface area contributed by atoms with Crippen LogP contribution >= 0.6 is 11.8 Å². The van der Waals surface area contributed by atoms with E-state index in [9.17, 15) is 9.59 Å². The number of nitrogens with one attached hydrogen (secondary N) is 2. The van der Waals surface area contributed by atoms with Crippen LogP contribution in [0.5, 0.6) is 0 Å². The minimum atomic E-state index is -1.30. The molecule has 9 heteroatoms. The van der Waals surface area contributed by atoms with Crippen LogP contribution in [0.1, 0.15) is 100 Å². The quantitative estimate of drug-likeness (QED) is 0.155. The molecule has 0 aliphatic carbocycles. The lowest BCUT2D eigenvalue weighted by molar-refractivity contribution is -0.537. The molecule has 0 spiro atoms. The summed E-state index contributed by atoms with van der Waals surface area (Å²) in [4.78, 5) is 45.7. The minimum absolute atomic E-state index is 0.0456. The zero-order valence-electron chi connectivity index (χ0n) is 20.7. The van der Waals surface area contributed by atoms with Crippen molar-refractivity contribution in [2.75, 3.05) is 11.5 Å². The molecule has 2 amide bonds. The fourth-order valence-electron chi connectivity index (χ4n) is 2.03. The number of hydrazine groups is 1. The normalized spacial score (nSPS) is 12.6. The molecule has 0 saturated heterocycles. The molecule has 8 nitrogen and oxygen atoms in total. The fourth-order valence-corrected chi connectivity index (χ4v) is 2.97. The van der Waals surface area contributed by atoms with E-state index < -0.39 is 17.0 Å². The van der Waals surface area contributed by atoms with Crippen LogP contribution in [0.25, 0.3) is 0 Å². The second-order valence-electron chi connectivity index (χ2n) is 9.71. The third-order valence-electron chi connectivity index (χ3n) is 3.70. The Balaban J connectivity index is 4.28. The van der Waals surface area contributed by atoms with E-state index in [2.05, 4.69) is 17.8 Å².